The van der Waals surface area contributed by atoms with Crippen molar-refractivity contribution < 1.29 is 14.3 Å². The summed E-state index contributed by atoms with van der Waals surface area (Å²) < 4.78 is 5.57. The van der Waals surface area contributed by atoms with Crippen LogP contribution in [0.3, 0.4) is 0 Å². The maximum atomic E-state index is 12.3. The fourth-order valence-corrected chi connectivity index (χ4v) is 2.62. The van der Waals surface area contributed by atoms with Gasteiger partial charge in [-0.2, -0.15) is 0 Å². The number of anilines is 1. The zero-order valence-electron chi connectivity index (χ0n) is 13.3. The monoisotopic (exact) mass is 339 g/mol. The van der Waals surface area contributed by atoms with Crippen molar-refractivity contribution in [1.29, 1.82) is 0 Å². The van der Waals surface area contributed by atoms with Crippen LogP contribution in [0.1, 0.15) is 37.0 Å². The summed E-state index contributed by atoms with van der Waals surface area (Å²) in [5, 5.41) is 5.98. The zero-order chi connectivity index (χ0) is 17.0. The predicted octanol–water partition coefficient (Wildman–Crippen LogP) is 1.92. The smallest absolute Gasteiger partial charge is 0.253 e. The highest BCUT2D eigenvalue weighted by Crippen LogP contribution is 2.24. The molecule has 6 nitrogen and oxygen atoms in total. The fourth-order valence-electron chi connectivity index (χ4n) is 2.44. The average molecular weight is 340 g/mol. The van der Waals surface area contributed by atoms with Crippen LogP contribution in [-0.4, -0.2) is 36.6 Å². The lowest BCUT2D eigenvalue weighted by Gasteiger charge is -2.16. The van der Waals surface area contributed by atoms with Gasteiger partial charge in [-0.3, -0.25) is 9.59 Å². The molecule has 0 aliphatic carbocycles. The van der Waals surface area contributed by atoms with E-state index in [4.69, 9.17) is 22.1 Å². The van der Waals surface area contributed by atoms with E-state index in [0.29, 0.717) is 29.2 Å². The van der Waals surface area contributed by atoms with E-state index in [9.17, 15) is 9.59 Å². The average Bonchev–Trinajstić information content (AvgIpc) is 2.95. The van der Waals surface area contributed by atoms with Gasteiger partial charge in [0.05, 0.1) is 17.4 Å². The molecule has 1 aromatic carbocycles. The fraction of sp³-hybridized carbons (Fsp3) is 0.500. The molecule has 2 amide bonds. The van der Waals surface area contributed by atoms with Crippen LogP contribution in [0.15, 0.2) is 18.2 Å². The number of rotatable bonds is 5. The van der Waals surface area contributed by atoms with Crippen LogP contribution in [0.25, 0.3) is 0 Å². The zero-order valence-corrected chi connectivity index (χ0v) is 14.0. The van der Waals surface area contributed by atoms with Crippen molar-refractivity contribution in [2.45, 2.75) is 44.9 Å². The first-order valence-corrected chi connectivity index (χ1v) is 8.05. The topological polar surface area (TPSA) is 93.5 Å². The molecule has 2 rings (SSSR count). The summed E-state index contributed by atoms with van der Waals surface area (Å²) in [6.45, 7) is 4.12. The lowest BCUT2D eigenvalue weighted by Crippen LogP contribution is -2.33. The normalized spacial score (nSPS) is 20.6. The first-order chi connectivity index (χ1) is 10.9. The van der Waals surface area contributed by atoms with Crippen molar-refractivity contribution in [3.8, 4) is 0 Å². The molecular formula is C16H22ClN3O3. The van der Waals surface area contributed by atoms with Gasteiger partial charge in [-0.05, 0) is 44.9 Å². The van der Waals surface area contributed by atoms with Gasteiger partial charge in [0, 0.05) is 17.6 Å². The molecular weight excluding hydrogens is 318 g/mol. The van der Waals surface area contributed by atoms with E-state index in [1.54, 1.807) is 18.2 Å². The van der Waals surface area contributed by atoms with Crippen molar-refractivity contribution in [3.63, 3.8) is 0 Å². The third-order valence-corrected chi connectivity index (χ3v) is 3.80. The standard InChI is InChI=1S/C16H22ClN3O3/c1-9(2)19-15(21)12-5-3-10(17)7-13(12)20-16(22)14-6-4-11(8-18)23-14/h3,5,7,9,11,14H,4,6,8,18H2,1-2H3,(H,19,21)(H,20,22)/t11-,14+/m1/s1. The van der Waals surface area contributed by atoms with Crippen LogP contribution in [0.4, 0.5) is 5.69 Å². The molecule has 4 N–H and O–H groups in total. The van der Waals surface area contributed by atoms with Gasteiger partial charge in [-0.1, -0.05) is 11.6 Å². The number of carbonyl (C=O) groups excluding carboxylic acids is 2. The minimum Gasteiger partial charge on any atom is -0.364 e. The Bertz CT molecular complexity index is 592. The Morgan fingerprint density at radius 3 is 2.74 bits per heavy atom. The highest BCUT2D eigenvalue weighted by molar-refractivity contribution is 6.31. The minimum atomic E-state index is -0.552. The molecule has 1 fully saturated rings. The van der Waals surface area contributed by atoms with Crippen LogP contribution in [0.5, 0.6) is 0 Å². The van der Waals surface area contributed by atoms with Crippen molar-refractivity contribution in [2.24, 2.45) is 5.73 Å². The van der Waals surface area contributed by atoms with Gasteiger partial charge in [-0.25, -0.2) is 0 Å². The maximum absolute atomic E-state index is 12.3. The van der Waals surface area contributed by atoms with Gasteiger partial charge in [-0.15, -0.1) is 0 Å². The van der Waals surface area contributed by atoms with E-state index in [0.717, 1.165) is 6.42 Å². The molecule has 1 saturated heterocycles. The quantitative estimate of drug-likeness (QED) is 0.764. The maximum Gasteiger partial charge on any atom is 0.253 e. The number of ether oxygens (including phenoxy) is 1. The number of benzene rings is 1. The third kappa shape index (κ3) is 4.67. The van der Waals surface area contributed by atoms with Gasteiger partial charge in [0.15, 0.2) is 0 Å². The molecule has 0 aromatic heterocycles. The van der Waals surface area contributed by atoms with Gasteiger partial charge < -0.3 is 21.1 Å². The number of nitrogens with two attached hydrogens (primary N) is 1. The molecule has 0 spiro atoms. The first-order valence-electron chi connectivity index (χ1n) is 7.67. The molecule has 1 aliphatic heterocycles. The van der Waals surface area contributed by atoms with Crippen LogP contribution in [-0.2, 0) is 9.53 Å². The number of halogens is 1. The summed E-state index contributed by atoms with van der Waals surface area (Å²) in [5.74, 6) is -0.555. The molecule has 126 valence electrons. The van der Waals surface area contributed by atoms with Gasteiger partial charge in [0.2, 0.25) is 0 Å². The second kappa shape index (κ2) is 7.77. The molecule has 2 atom stereocenters. The number of hydrogen-bond acceptors (Lipinski definition) is 4. The Balaban J connectivity index is 2.13. The highest BCUT2D eigenvalue weighted by atomic mass is 35.5. The highest BCUT2D eigenvalue weighted by Gasteiger charge is 2.30. The Labute approximate surface area is 140 Å². The van der Waals surface area contributed by atoms with Crippen LogP contribution < -0.4 is 16.4 Å². The van der Waals surface area contributed by atoms with Crippen molar-refractivity contribution in [2.75, 3.05) is 11.9 Å². The first kappa shape index (κ1) is 17.7. The molecule has 1 aliphatic rings. The lowest BCUT2D eigenvalue weighted by molar-refractivity contribution is -0.126. The van der Waals surface area contributed by atoms with Crippen LogP contribution >= 0.6 is 11.6 Å². The van der Waals surface area contributed by atoms with Crippen LogP contribution in [0.2, 0.25) is 5.02 Å². The van der Waals surface area contributed by atoms with E-state index < -0.39 is 6.10 Å². The van der Waals surface area contributed by atoms with Crippen molar-refractivity contribution in [3.05, 3.63) is 28.8 Å². The Morgan fingerprint density at radius 1 is 1.39 bits per heavy atom. The van der Waals surface area contributed by atoms with Crippen molar-refractivity contribution >= 4 is 29.1 Å². The minimum absolute atomic E-state index is 0.00907. The lowest BCUT2D eigenvalue weighted by atomic mass is 10.1. The molecule has 23 heavy (non-hydrogen) atoms. The van der Waals surface area contributed by atoms with Crippen molar-refractivity contribution in [1.82, 2.24) is 5.32 Å². The number of hydrogen-bond donors (Lipinski definition) is 3. The second-order valence-electron chi connectivity index (χ2n) is 5.87. The Morgan fingerprint density at radius 2 is 2.13 bits per heavy atom. The SMILES string of the molecule is CC(C)NC(=O)c1ccc(Cl)cc1NC(=O)[C@@H]1CC[C@H](CN)O1. The van der Waals surface area contributed by atoms with E-state index in [1.807, 2.05) is 13.8 Å². The molecule has 1 heterocycles. The molecule has 0 unspecified atom stereocenters. The van der Waals surface area contributed by atoms with Crippen LogP contribution in [0, 0.1) is 0 Å². The molecule has 0 bridgehead atoms. The van der Waals surface area contributed by atoms with Gasteiger partial charge in [0.1, 0.15) is 6.10 Å². The summed E-state index contributed by atoms with van der Waals surface area (Å²) in [6, 6.07) is 4.76. The molecule has 0 saturated carbocycles. The predicted molar refractivity (Wildman–Crippen MR) is 89.6 cm³/mol. The van der Waals surface area contributed by atoms with E-state index >= 15 is 0 Å². The van der Waals surface area contributed by atoms with E-state index in [-0.39, 0.29) is 24.0 Å². The third-order valence-electron chi connectivity index (χ3n) is 3.57. The Hall–Kier alpha value is -1.63. The summed E-state index contributed by atoms with van der Waals surface area (Å²) >= 11 is 5.99. The summed E-state index contributed by atoms with van der Waals surface area (Å²) in [4.78, 5) is 24.6. The number of carbonyl (C=O) groups is 2. The molecule has 7 heteroatoms. The Kier molecular flexibility index (Phi) is 5.98. The second-order valence-corrected chi connectivity index (χ2v) is 6.30. The number of amides is 2. The summed E-state index contributed by atoms with van der Waals surface area (Å²) in [6.07, 6.45) is 0.726. The van der Waals surface area contributed by atoms with E-state index in [1.165, 1.54) is 0 Å². The summed E-state index contributed by atoms with van der Waals surface area (Å²) in [7, 11) is 0. The molecule has 1 aromatic rings. The number of nitrogens with one attached hydrogen (secondary N) is 2. The van der Waals surface area contributed by atoms with Gasteiger partial charge in [0.25, 0.3) is 11.8 Å². The van der Waals surface area contributed by atoms with Gasteiger partial charge >= 0.3 is 0 Å². The summed E-state index contributed by atoms with van der Waals surface area (Å²) in [5.41, 5.74) is 6.29. The largest absolute Gasteiger partial charge is 0.364 e. The molecule has 0 radical (unpaired) electrons. The van der Waals surface area contributed by atoms with E-state index in [2.05, 4.69) is 10.6 Å².